The van der Waals surface area contributed by atoms with Crippen molar-refractivity contribution in [3.63, 3.8) is 0 Å². The van der Waals surface area contributed by atoms with Crippen LogP contribution < -0.4 is 35.3 Å². The summed E-state index contributed by atoms with van der Waals surface area (Å²) in [5, 5.41) is 9.10. The number of aliphatic carboxylic acids is 1. The number of hydrogen-bond donors (Lipinski definition) is 2. The van der Waals surface area contributed by atoms with Crippen molar-refractivity contribution in [3.8, 4) is 0 Å². The molecule has 0 aromatic heterocycles. The molecular weight excluding hydrogens is 571 g/mol. The zero-order valence-electron chi connectivity index (χ0n) is 17.2. The molecule has 0 aliphatic heterocycles. The summed E-state index contributed by atoms with van der Waals surface area (Å²) >= 11 is 28.5. The number of hydrogen-bond acceptors (Lipinski definition) is 6. The van der Waals surface area contributed by atoms with Gasteiger partial charge in [0.2, 0.25) is 0 Å². The first-order valence-corrected chi connectivity index (χ1v) is 12.2. The van der Waals surface area contributed by atoms with Gasteiger partial charge in [0, 0.05) is 12.8 Å². The van der Waals surface area contributed by atoms with Gasteiger partial charge in [0.1, 0.15) is 26.5 Å². The van der Waals surface area contributed by atoms with Crippen LogP contribution in [0.3, 0.4) is 0 Å². The van der Waals surface area contributed by atoms with E-state index in [4.69, 9.17) is 46.3 Å². The predicted molar refractivity (Wildman–Crippen MR) is 142 cm³/mol. The Morgan fingerprint density at radius 1 is 1.16 bits per heavy atom. The average Bonchev–Trinajstić information content (AvgIpc) is 2.55. The van der Waals surface area contributed by atoms with Gasteiger partial charge >= 0.3 is 39.8 Å². The molecule has 2 fully saturated rings. The van der Waals surface area contributed by atoms with Crippen molar-refractivity contribution in [2.45, 2.75) is 87.6 Å². The molecule has 0 heterocycles. The minimum Gasteiger partial charge on any atom is -0.480 e. The maximum absolute atomic E-state index is 11.1. The van der Waals surface area contributed by atoms with Crippen LogP contribution in [0.5, 0.6) is 0 Å². The van der Waals surface area contributed by atoms with E-state index in [1.54, 1.807) is 6.92 Å². The Bertz CT molecular complexity index is 497. The average molecular weight is 605 g/mol. The van der Waals surface area contributed by atoms with Crippen molar-refractivity contribution >= 4 is 105 Å². The van der Waals surface area contributed by atoms with Crippen LogP contribution in [-0.2, 0) is 22.2 Å². The van der Waals surface area contributed by atoms with Gasteiger partial charge in [-0.2, -0.15) is 4.20 Å². The van der Waals surface area contributed by atoms with Gasteiger partial charge in [-0.05, 0) is 48.9 Å². The first kappa shape index (κ1) is 43.0. The summed E-state index contributed by atoms with van der Waals surface area (Å²) in [5.74, 6) is -0.309. The van der Waals surface area contributed by atoms with Gasteiger partial charge < -0.3 is 35.7 Å². The van der Waals surface area contributed by atoms with Gasteiger partial charge in [-0.15, -0.1) is 12.4 Å². The van der Waals surface area contributed by atoms with E-state index in [9.17, 15) is 9.59 Å². The fourth-order valence-electron chi connectivity index (χ4n) is 2.62. The molecule has 0 aromatic carbocycles. The summed E-state index contributed by atoms with van der Waals surface area (Å²) in [4.78, 5) is 21.5. The standard InChI is InChI=1S/C8H13NO2S2.C6H10O.C2H4S2.CH2Cl3.CH4.ClH.Na/c9-7(12)13-8(6(10)11)4-2-1-3-5-8;7-6-4-2-1-3-5-6;1-2(3)4;2-1(3)4;;;/h1-5H2,(H2,9,12)(H,10,11);1-5H2;1H3,(H,3,4);1-2H;1H4;1H;/q;;;+1;;;+1/p-1. The van der Waals surface area contributed by atoms with Crippen molar-refractivity contribution in [3.05, 3.63) is 0 Å². The third kappa shape index (κ3) is 29.8. The van der Waals surface area contributed by atoms with E-state index in [2.05, 4.69) is 36.4 Å². The topological polar surface area (TPSA) is 80.4 Å². The van der Waals surface area contributed by atoms with E-state index >= 15 is 0 Å². The van der Waals surface area contributed by atoms with E-state index < -0.39 is 15.0 Å². The molecule has 0 atom stereocenters. The number of carboxylic acid groups (broad SMARTS) is 1. The van der Waals surface area contributed by atoms with Crippen molar-refractivity contribution in [2.24, 2.45) is 5.73 Å². The maximum Gasteiger partial charge on any atom is 1.00 e. The van der Waals surface area contributed by atoms with Gasteiger partial charge in [0.25, 0.3) is 0 Å². The summed E-state index contributed by atoms with van der Waals surface area (Å²) in [5.41, 5.74) is 5.38. The monoisotopic (exact) mass is 602 g/mol. The number of nitrogens with two attached hydrogens (primary N) is 1. The molecule has 0 aromatic rings. The maximum atomic E-state index is 11.1. The van der Waals surface area contributed by atoms with Crippen molar-refractivity contribution in [1.82, 2.24) is 0 Å². The summed E-state index contributed by atoms with van der Waals surface area (Å²) in [7, 11) is 0. The summed E-state index contributed by atoms with van der Waals surface area (Å²) in [6.45, 7) is 1.71. The molecule has 2 aliphatic carbocycles. The van der Waals surface area contributed by atoms with E-state index in [0.29, 0.717) is 22.8 Å². The van der Waals surface area contributed by atoms with E-state index in [1.807, 2.05) is 0 Å². The van der Waals surface area contributed by atoms with Crippen molar-refractivity contribution < 1.29 is 55.9 Å². The quantitative estimate of drug-likeness (QED) is 0.215. The number of thioether (sulfide) groups is 1. The molecule has 3 N–H and O–H groups in total. The van der Waals surface area contributed by atoms with Crippen LogP contribution in [0.1, 0.15) is 78.6 Å². The molecule has 2 saturated carbocycles. The van der Waals surface area contributed by atoms with Crippen molar-refractivity contribution in [1.29, 1.82) is 0 Å². The van der Waals surface area contributed by atoms with Gasteiger partial charge in [0.15, 0.2) is 0 Å². The number of thiocarbonyl (C=S) groups is 2. The number of alkyl halides is 3. The summed E-state index contributed by atoms with van der Waals surface area (Å²) < 4.78 is -0.548. The number of carboxylic acids is 1. The molecule has 2 rings (SSSR count). The molecule has 0 radical (unpaired) electrons. The molecule has 31 heavy (non-hydrogen) atoms. The largest absolute Gasteiger partial charge is 1.00 e. The smallest absolute Gasteiger partial charge is 0.480 e. The van der Waals surface area contributed by atoms with Gasteiger partial charge in [-0.1, -0.05) is 64.0 Å². The fraction of sp³-hybridized carbons (Fsp3) is 0.778. The molecular formula is C18H33Cl4NNaO3S4+. The SMILES string of the molecule is C.CC(=S)[S-].Cl.ClC(Cl)[ClH+].NC(=S)SC1(C(=O)O)CCCCC1.O=C1CCCCC1.[Na+]. The molecule has 0 unspecified atom stereocenters. The second-order valence-electron chi connectivity index (χ2n) is 6.13. The first-order valence-electron chi connectivity index (χ1n) is 8.78. The zero-order chi connectivity index (χ0) is 22.2. The van der Waals surface area contributed by atoms with Crippen molar-refractivity contribution in [2.75, 3.05) is 0 Å². The van der Waals surface area contributed by atoms with Crippen LogP contribution in [0.15, 0.2) is 0 Å². The van der Waals surface area contributed by atoms with E-state index in [0.717, 1.165) is 56.7 Å². The molecule has 13 heteroatoms. The van der Waals surface area contributed by atoms with Crippen LogP contribution in [0.2, 0.25) is 0 Å². The minimum atomic E-state index is -0.773. The third-order valence-corrected chi connectivity index (χ3v) is 5.18. The second-order valence-corrected chi connectivity index (χ2v) is 11.8. The summed E-state index contributed by atoms with van der Waals surface area (Å²) in [6.07, 6.45) is 9.65. The second kappa shape index (κ2) is 26.5. The number of halogens is 4. The zero-order valence-corrected chi connectivity index (χ0v) is 25.6. The Morgan fingerprint density at radius 2 is 1.48 bits per heavy atom. The Labute approximate surface area is 251 Å². The van der Waals surface area contributed by atoms with Crippen LogP contribution in [0.25, 0.3) is 0 Å². The minimum absolute atomic E-state index is 0. The number of Topliss-reactive ketones (excluding diaryl/α,β-unsaturated/α-hetero) is 1. The van der Waals surface area contributed by atoms with E-state index in [-0.39, 0.29) is 53.7 Å². The number of ketones is 1. The van der Waals surface area contributed by atoms with Gasteiger partial charge in [-0.3, -0.25) is 9.59 Å². The molecule has 0 bridgehead atoms. The number of rotatable bonds is 2. The van der Waals surface area contributed by atoms with E-state index in [1.165, 1.54) is 6.42 Å². The van der Waals surface area contributed by atoms with Crippen LogP contribution >= 0.6 is 71.8 Å². The molecule has 0 spiro atoms. The normalized spacial score (nSPS) is 15.8. The third-order valence-electron chi connectivity index (χ3n) is 3.76. The van der Waals surface area contributed by atoms with Crippen LogP contribution in [-0.4, -0.2) is 34.4 Å². The Balaban J connectivity index is -0.000000107. The molecule has 2 aliphatic rings. The molecule has 4 nitrogen and oxygen atoms in total. The predicted octanol–water partition coefficient (Wildman–Crippen LogP) is 3.24. The number of carbonyl (C=O) groups is 2. The molecule has 0 saturated heterocycles. The molecule has 0 amide bonds. The van der Waals surface area contributed by atoms with Gasteiger partial charge in [-0.25, -0.2) is 0 Å². The Hall–Kier alpha value is 1.85. The Morgan fingerprint density at radius 3 is 1.71 bits per heavy atom. The number of carbonyl (C=O) groups excluding carboxylic acids is 1. The first-order chi connectivity index (χ1) is 12.9. The fourth-order valence-corrected chi connectivity index (χ4v) is 4.06. The summed E-state index contributed by atoms with van der Waals surface area (Å²) in [6, 6.07) is 0. The molecule has 180 valence electrons. The van der Waals surface area contributed by atoms with Crippen LogP contribution in [0.4, 0.5) is 0 Å². The van der Waals surface area contributed by atoms with Gasteiger partial charge in [0.05, 0.1) is 0 Å². The van der Waals surface area contributed by atoms with Crippen LogP contribution in [0, 0.1) is 11.6 Å². The Kier molecular flexibility index (Phi) is 36.7.